The Labute approximate surface area is 189 Å². The first-order valence-electron chi connectivity index (χ1n) is 10.0. The van der Waals surface area contributed by atoms with Gasteiger partial charge in [0.25, 0.3) is 5.91 Å². The van der Waals surface area contributed by atoms with Crippen LogP contribution in [0.1, 0.15) is 48.7 Å². The van der Waals surface area contributed by atoms with Crippen LogP contribution in [0.5, 0.6) is 0 Å². The summed E-state index contributed by atoms with van der Waals surface area (Å²) >= 11 is 0. The number of nitrogens with one attached hydrogen (secondary N) is 2. The lowest BCUT2D eigenvalue weighted by Gasteiger charge is -2.24. The number of piperidine rings is 1. The molecule has 1 aliphatic heterocycles. The van der Waals surface area contributed by atoms with Crippen LogP contribution in [0.4, 0.5) is 0 Å². The number of halogens is 2. The van der Waals surface area contributed by atoms with Gasteiger partial charge in [-0.1, -0.05) is 24.3 Å². The topological polar surface area (TPSA) is 71.8 Å². The molecular formula is C22H29Cl2N5O. The van der Waals surface area contributed by atoms with Crippen molar-refractivity contribution in [1.29, 1.82) is 0 Å². The first-order valence-corrected chi connectivity index (χ1v) is 10.0. The molecule has 30 heavy (non-hydrogen) atoms. The van der Waals surface area contributed by atoms with Crippen molar-refractivity contribution in [2.45, 2.75) is 45.7 Å². The summed E-state index contributed by atoms with van der Waals surface area (Å²) in [6.45, 7) is 8.04. The summed E-state index contributed by atoms with van der Waals surface area (Å²) in [5.41, 5.74) is 4.37. The Kier molecular flexibility index (Phi) is 8.24. The Bertz CT molecular complexity index is 1010. The van der Waals surface area contributed by atoms with E-state index in [1.807, 2.05) is 28.9 Å². The average molecular weight is 450 g/mol. The Morgan fingerprint density at radius 3 is 2.70 bits per heavy atom. The van der Waals surface area contributed by atoms with E-state index in [9.17, 15) is 4.79 Å². The minimum atomic E-state index is -0.0563. The highest BCUT2D eigenvalue weighted by Crippen LogP contribution is 2.28. The van der Waals surface area contributed by atoms with Crippen molar-refractivity contribution in [3.05, 3.63) is 47.7 Å². The van der Waals surface area contributed by atoms with Gasteiger partial charge in [-0.15, -0.1) is 24.8 Å². The molecule has 0 radical (unpaired) electrons. The minimum absolute atomic E-state index is 0. The second-order valence-corrected chi connectivity index (χ2v) is 7.81. The normalized spacial score (nSPS) is 16.1. The average Bonchev–Trinajstić information content (AvgIpc) is 3.12. The lowest BCUT2D eigenvalue weighted by molar-refractivity contribution is 0.0932. The number of nitrogens with zero attached hydrogens (tertiary/aromatic N) is 3. The third-order valence-electron chi connectivity index (χ3n) is 5.35. The highest BCUT2D eigenvalue weighted by Gasteiger charge is 2.22. The molecule has 2 N–H and O–H groups in total. The number of aromatic nitrogens is 3. The van der Waals surface area contributed by atoms with Gasteiger partial charge in [-0.2, -0.15) is 5.10 Å². The number of carbonyl (C=O) groups excluding carboxylic acids is 1. The summed E-state index contributed by atoms with van der Waals surface area (Å²) in [5, 5.41) is 11.8. The van der Waals surface area contributed by atoms with Crippen molar-refractivity contribution in [3.8, 4) is 11.3 Å². The SMILES string of the molecule is Cc1ccccc1-c1cc(C(=O)NC2CCCNC2)c2cnn(C(C)C)c2n1.Cl.Cl. The summed E-state index contributed by atoms with van der Waals surface area (Å²) in [6, 6.07) is 10.4. The van der Waals surface area contributed by atoms with Crippen molar-refractivity contribution < 1.29 is 4.79 Å². The quantitative estimate of drug-likeness (QED) is 0.622. The zero-order valence-corrected chi connectivity index (χ0v) is 19.1. The van der Waals surface area contributed by atoms with Crippen molar-refractivity contribution in [2.24, 2.45) is 0 Å². The van der Waals surface area contributed by atoms with Crippen molar-refractivity contribution in [1.82, 2.24) is 25.4 Å². The van der Waals surface area contributed by atoms with E-state index in [1.165, 1.54) is 0 Å². The minimum Gasteiger partial charge on any atom is -0.348 e. The van der Waals surface area contributed by atoms with Gasteiger partial charge in [0.2, 0.25) is 0 Å². The molecule has 3 aromatic rings. The third-order valence-corrected chi connectivity index (χ3v) is 5.35. The van der Waals surface area contributed by atoms with Crippen molar-refractivity contribution in [2.75, 3.05) is 13.1 Å². The maximum Gasteiger partial charge on any atom is 0.252 e. The van der Waals surface area contributed by atoms with Crippen LogP contribution < -0.4 is 10.6 Å². The molecule has 1 atom stereocenters. The van der Waals surface area contributed by atoms with Gasteiger partial charge >= 0.3 is 0 Å². The first-order chi connectivity index (χ1) is 13.5. The molecule has 8 heteroatoms. The van der Waals surface area contributed by atoms with Gasteiger partial charge < -0.3 is 10.6 Å². The number of pyridine rings is 1. The molecule has 4 rings (SSSR count). The van der Waals surface area contributed by atoms with Gasteiger partial charge in [0.15, 0.2) is 5.65 Å². The Morgan fingerprint density at radius 1 is 1.27 bits per heavy atom. The van der Waals surface area contributed by atoms with Crippen LogP contribution in [-0.4, -0.2) is 39.8 Å². The van der Waals surface area contributed by atoms with Gasteiger partial charge in [-0.25, -0.2) is 9.67 Å². The Balaban J connectivity index is 0.00000160. The molecule has 0 aliphatic carbocycles. The van der Waals surface area contributed by atoms with Crippen molar-refractivity contribution >= 4 is 41.8 Å². The summed E-state index contributed by atoms with van der Waals surface area (Å²) in [7, 11) is 0. The molecule has 1 aliphatic rings. The van der Waals surface area contributed by atoms with E-state index in [2.05, 4.69) is 42.6 Å². The summed E-state index contributed by atoms with van der Waals surface area (Å²) in [6.07, 6.45) is 3.84. The third kappa shape index (κ3) is 4.77. The fourth-order valence-electron chi connectivity index (χ4n) is 3.82. The van der Waals surface area contributed by atoms with E-state index in [1.54, 1.807) is 6.20 Å². The number of hydrogen-bond donors (Lipinski definition) is 2. The molecule has 1 unspecified atom stereocenters. The van der Waals surface area contributed by atoms with Crippen LogP contribution in [0, 0.1) is 6.92 Å². The standard InChI is InChI=1S/C22H27N5O.2ClH/c1-14(2)27-21-19(13-24-27)18(22(28)25-16-8-6-10-23-12-16)11-20(26-21)17-9-5-4-7-15(17)3;;/h4-5,7,9,11,13-14,16,23H,6,8,10,12H2,1-3H3,(H,25,28);2*1H. The number of fused-ring (bicyclic) bond motifs is 1. The lowest BCUT2D eigenvalue weighted by atomic mass is 10.0. The molecular weight excluding hydrogens is 421 g/mol. The summed E-state index contributed by atoms with van der Waals surface area (Å²) < 4.78 is 1.88. The van der Waals surface area contributed by atoms with E-state index in [4.69, 9.17) is 4.98 Å². The van der Waals surface area contributed by atoms with Crippen LogP contribution in [0.2, 0.25) is 0 Å². The predicted octanol–water partition coefficient (Wildman–Crippen LogP) is 4.31. The molecule has 0 saturated carbocycles. The maximum atomic E-state index is 13.2. The van der Waals surface area contributed by atoms with Crippen LogP contribution >= 0.6 is 24.8 Å². The van der Waals surface area contributed by atoms with E-state index >= 15 is 0 Å². The van der Waals surface area contributed by atoms with Crippen LogP contribution in [0.15, 0.2) is 36.5 Å². The van der Waals surface area contributed by atoms with Gasteiger partial charge in [0, 0.05) is 24.2 Å². The zero-order chi connectivity index (χ0) is 19.7. The van der Waals surface area contributed by atoms with E-state index < -0.39 is 0 Å². The first kappa shape index (κ1) is 24.1. The number of rotatable bonds is 4. The smallest absolute Gasteiger partial charge is 0.252 e. The molecule has 1 saturated heterocycles. The largest absolute Gasteiger partial charge is 0.348 e. The molecule has 0 spiro atoms. The van der Waals surface area contributed by atoms with Gasteiger partial charge in [0.05, 0.1) is 22.8 Å². The van der Waals surface area contributed by atoms with Gasteiger partial charge in [-0.05, 0) is 51.8 Å². The van der Waals surface area contributed by atoms with Crippen LogP contribution in [-0.2, 0) is 0 Å². The van der Waals surface area contributed by atoms with Crippen LogP contribution in [0.3, 0.4) is 0 Å². The van der Waals surface area contributed by atoms with E-state index in [-0.39, 0.29) is 42.8 Å². The number of amides is 1. The molecule has 1 amide bonds. The fourth-order valence-corrected chi connectivity index (χ4v) is 3.82. The molecule has 1 fully saturated rings. The number of benzene rings is 1. The molecule has 6 nitrogen and oxygen atoms in total. The molecule has 0 bridgehead atoms. The second kappa shape index (κ2) is 10.2. The second-order valence-electron chi connectivity index (χ2n) is 7.81. The molecule has 162 valence electrons. The highest BCUT2D eigenvalue weighted by molar-refractivity contribution is 6.06. The number of carbonyl (C=O) groups is 1. The predicted molar refractivity (Wildman–Crippen MR) is 126 cm³/mol. The highest BCUT2D eigenvalue weighted by atomic mass is 35.5. The maximum absolute atomic E-state index is 13.2. The number of hydrogen-bond acceptors (Lipinski definition) is 4. The van der Waals surface area contributed by atoms with Gasteiger partial charge in [-0.3, -0.25) is 4.79 Å². The Morgan fingerprint density at radius 2 is 2.03 bits per heavy atom. The zero-order valence-electron chi connectivity index (χ0n) is 17.5. The summed E-state index contributed by atoms with van der Waals surface area (Å²) in [5.74, 6) is -0.0563. The lowest BCUT2D eigenvalue weighted by Crippen LogP contribution is -2.45. The monoisotopic (exact) mass is 449 g/mol. The van der Waals surface area contributed by atoms with E-state index in [0.29, 0.717) is 5.56 Å². The molecule has 2 aromatic heterocycles. The molecule has 3 heterocycles. The van der Waals surface area contributed by atoms with Crippen LogP contribution in [0.25, 0.3) is 22.3 Å². The fraction of sp³-hybridized carbons (Fsp3) is 0.409. The molecule has 1 aromatic carbocycles. The number of aryl methyl sites for hydroxylation is 1. The Hall–Kier alpha value is -2.15. The van der Waals surface area contributed by atoms with Gasteiger partial charge in [0.1, 0.15) is 0 Å². The van der Waals surface area contributed by atoms with E-state index in [0.717, 1.165) is 53.8 Å². The summed E-state index contributed by atoms with van der Waals surface area (Å²) in [4.78, 5) is 18.1. The van der Waals surface area contributed by atoms with Crippen molar-refractivity contribution in [3.63, 3.8) is 0 Å².